The molecule has 3 aromatic rings. The zero-order valence-corrected chi connectivity index (χ0v) is 16.3. The van der Waals surface area contributed by atoms with Gasteiger partial charge in [-0.3, -0.25) is 4.79 Å². The van der Waals surface area contributed by atoms with Gasteiger partial charge in [0.2, 0.25) is 5.91 Å². The molecule has 0 aliphatic carbocycles. The van der Waals surface area contributed by atoms with Crippen molar-refractivity contribution in [2.45, 2.75) is 19.2 Å². The highest BCUT2D eigenvalue weighted by molar-refractivity contribution is 5.93. The molecule has 4 rings (SSSR count). The number of carbonyl (C=O) groups is 1. The number of halogens is 3. The van der Waals surface area contributed by atoms with Gasteiger partial charge in [0.1, 0.15) is 5.75 Å². The first kappa shape index (κ1) is 20.6. The molecule has 1 saturated heterocycles. The first-order valence-electron chi connectivity index (χ1n) is 9.63. The second-order valence-corrected chi connectivity index (χ2v) is 7.05. The number of anilines is 2. The Bertz CT molecular complexity index is 1010. The number of hydrogen-bond acceptors (Lipinski definition) is 6. The molecule has 8 nitrogen and oxygen atoms in total. The molecule has 1 fully saturated rings. The average molecular weight is 432 g/mol. The lowest BCUT2D eigenvalue weighted by atomic mass is 9.97. The van der Waals surface area contributed by atoms with Crippen LogP contribution in [0.2, 0.25) is 0 Å². The van der Waals surface area contributed by atoms with Gasteiger partial charge >= 0.3 is 6.36 Å². The van der Waals surface area contributed by atoms with E-state index in [1.165, 1.54) is 12.1 Å². The van der Waals surface area contributed by atoms with E-state index in [1.807, 2.05) is 17.0 Å². The van der Waals surface area contributed by atoms with Crippen molar-refractivity contribution in [1.29, 1.82) is 0 Å². The minimum Gasteiger partial charge on any atom is -0.406 e. The molecule has 0 bridgehead atoms. The molecule has 0 spiro atoms. The summed E-state index contributed by atoms with van der Waals surface area (Å²) in [6, 6.07) is 10.5. The zero-order valence-electron chi connectivity index (χ0n) is 16.3. The van der Waals surface area contributed by atoms with E-state index in [0.29, 0.717) is 30.3 Å². The third-order valence-corrected chi connectivity index (χ3v) is 4.85. The number of rotatable bonds is 5. The minimum absolute atomic E-state index is 0.199. The fourth-order valence-electron chi connectivity index (χ4n) is 3.40. The lowest BCUT2D eigenvalue weighted by Crippen LogP contribution is -2.41. The molecular weight excluding hydrogens is 413 g/mol. The van der Waals surface area contributed by atoms with E-state index in [-0.39, 0.29) is 17.6 Å². The zero-order chi connectivity index (χ0) is 21.8. The van der Waals surface area contributed by atoms with E-state index in [4.69, 9.17) is 0 Å². The Kier molecular flexibility index (Phi) is 5.74. The van der Waals surface area contributed by atoms with Gasteiger partial charge in [-0.1, -0.05) is 0 Å². The average Bonchev–Trinajstić information content (AvgIpc) is 3.29. The number of hydrogen-bond donors (Lipinski definition) is 1. The Morgan fingerprint density at radius 2 is 1.84 bits per heavy atom. The van der Waals surface area contributed by atoms with Crippen molar-refractivity contribution in [3.8, 4) is 11.6 Å². The van der Waals surface area contributed by atoms with Gasteiger partial charge < -0.3 is 15.0 Å². The van der Waals surface area contributed by atoms with Gasteiger partial charge in [-0.15, -0.1) is 23.4 Å². The van der Waals surface area contributed by atoms with Crippen LogP contribution in [0.5, 0.6) is 5.75 Å². The number of nitrogens with one attached hydrogen (secondary N) is 1. The summed E-state index contributed by atoms with van der Waals surface area (Å²) in [6.45, 7) is 1.22. The third kappa shape index (κ3) is 5.30. The molecule has 1 N–H and O–H groups in total. The Labute approximate surface area is 175 Å². The van der Waals surface area contributed by atoms with Crippen molar-refractivity contribution in [2.24, 2.45) is 5.92 Å². The Hall–Kier alpha value is -3.63. The molecular formula is C20H19F3N6O2. The van der Waals surface area contributed by atoms with E-state index < -0.39 is 6.36 Å². The maximum absolute atomic E-state index is 12.7. The number of benzene rings is 1. The topological polar surface area (TPSA) is 85.2 Å². The van der Waals surface area contributed by atoms with Gasteiger partial charge in [0, 0.05) is 31.2 Å². The first-order valence-corrected chi connectivity index (χ1v) is 9.63. The number of aromatic nitrogens is 4. The number of nitrogens with zero attached hydrogens (tertiary/aromatic N) is 5. The van der Waals surface area contributed by atoms with E-state index >= 15 is 0 Å². The summed E-state index contributed by atoms with van der Waals surface area (Å²) in [5.41, 5.74) is 0.403. The van der Waals surface area contributed by atoms with Crippen molar-refractivity contribution in [2.75, 3.05) is 23.3 Å². The highest BCUT2D eigenvalue weighted by Gasteiger charge is 2.31. The van der Waals surface area contributed by atoms with Gasteiger partial charge in [0.05, 0.1) is 5.92 Å². The van der Waals surface area contributed by atoms with E-state index in [2.05, 4.69) is 25.3 Å². The molecule has 1 amide bonds. The van der Waals surface area contributed by atoms with Crippen molar-refractivity contribution in [1.82, 2.24) is 20.0 Å². The third-order valence-electron chi connectivity index (χ3n) is 4.85. The van der Waals surface area contributed by atoms with Gasteiger partial charge in [0.25, 0.3) is 0 Å². The summed E-state index contributed by atoms with van der Waals surface area (Å²) < 4.78 is 42.2. The second-order valence-electron chi connectivity index (χ2n) is 7.05. The molecule has 2 aromatic heterocycles. The minimum atomic E-state index is -4.75. The maximum atomic E-state index is 12.7. The largest absolute Gasteiger partial charge is 0.573 e. The molecule has 1 atom stereocenters. The SMILES string of the molecule is O=C(Nc1ccc(OC(F)(F)F)cc1)C1CCCN(c2ccc(-n3cccn3)nn2)C1. The molecule has 31 heavy (non-hydrogen) atoms. The monoisotopic (exact) mass is 432 g/mol. The standard InChI is InChI=1S/C20H19F3N6O2/c21-20(22,23)31-16-6-4-15(5-7-16)25-19(30)14-3-1-11-28(13-14)17-8-9-18(27-26-17)29-12-2-10-24-29/h2,4-10,12,14H,1,3,11,13H2,(H,25,30). The van der Waals surface area contributed by atoms with Crippen molar-refractivity contribution in [3.63, 3.8) is 0 Å². The molecule has 1 aliphatic heterocycles. The van der Waals surface area contributed by atoms with Crippen LogP contribution in [0.3, 0.4) is 0 Å². The van der Waals surface area contributed by atoms with Crippen LogP contribution in [-0.2, 0) is 4.79 Å². The molecule has 1 aromatic carbocycles. The Morgan fingerprint density at radius 3 is 2.48 bits per heavy atom. The summed E-state index contributed by atoms with van der Waals surface area (Å²) >= 11 is 0. The van der Waals surface area contributed by atoms with Crippen molar-refractivity contribution >= 4 is 17.4 Å². The summed E-state index contributed by atoms with van der Waals surface area (Å²) in [7, 11) is 0. The lowest BCUT2D eigenvalue weighted by Gasteiger charge is -2.32. The molecule has 162 valence electrons. The fraction of sp³-hybridized carbons (Fsp3) is 0.300. The number of ether oxygens (including phenoxy) is 1. The van der Waals surface area contributed by atoms with E-state index in [0.717, 1.165) is 25.1 Å². The molecule has 3 heterocycles. The Balaban J connectivity index is 1.36. The maximum Gasteiger partial charge on any atom is 0.573 e. The van der Waals surface area contributed by atoms with Crippen LogP contribution in [0.4, 0.5) is 24.7 Å². The highest BCUT2D eigenvalue weighted by Crippen LogP contribution is 2.26. The summed E-state index contributed by atoms with van der Waals surface area (Å²) in [6.07, 6.45) is 0.179. The molecule has 11 heteroatoms. The molecule has 1 unspecified atom stereocenters. The van der Waals surface area contributed by atoms with Crippen LogP contribution in [0.1, 0.15) is 12.8 Å². The summed E-state index contributed by atoms with van der Waals surface area (Å²) in [5.74, 6) is 0.439. The first-order chi connectivity index (χ1) is 14.9. The van der Waals surface area contributed by atoms with Crippen LogP contribution in [0.25, 0.3) is 5.82 Å². The van der Waals surface area contributed by atoms with Crippen LogP contribution in [-0.4, -0.2) is 45.3 Å². The quantitative estimate of drug-likeness (QED) is 0.665. The van der Waals surface area contributed by atoms with Crippen LogP contribution < -0.4 is 15.0 Å². The lowest BCUT2D eigenvalue weighted by molar-refractivity contribution is -0.274. The second kappa shape index (κ2) is 8.62. The highest BCUT2D eigenvalue weighted by atomic mass is 19.4. The van der Waals surface area contributed by atoms with Crippen molar-refractivity contribution < 1.29 is 22.7 Å². The molecule has 1 aliphatic rings. The van der Waals surface area contributed by atoms with Crippen LogP contribution in [0.15, 0.2) is 54.9 Å². The van der Waals surface area contributed by atoms with E-state index in [9.17, 15) is 18.0 Å². The number of piperidine rings is 1. The number of amides is 1. The summed E-state index contributed by atoms with van der Waals surface area (Å²) in [5, 5.41) is 15.3. The van der Waals surface area contributed by atoms with Gasteiger partial charge in [-0.2, -0.15) is 5.10 Å². The summed E-state index contributed by atoms with van der Waals surface area (Å²) in [4.78, 5) is 14.7. The molecule has 0 radical (unpaired) electrons. The number of alkyl halides is 3. The Morgan fingerprint density at radius 1 is 1.10 bits per heavy atom. The predicted octanol–water partition coefficient (Wildman–Crippen LogP) is 3.42. The molecule has 0 saturated carbocycles. The smallest absolute Gasteiger partial charge is 0.406 e. The van der Waals surface area contributed by atoms with Crippen molar-refractivity contribution in [3.05, 3.63) is 54.9 Å². The van der Waals surface area contributed by atoms with E-state index in [1.54, 1.807) is 23.1 Å². The van der Waals surface area contributed by atoms with Crippen LogP contribution in [0, 0.1) is 5.92 Å². The van der Waals surface area contributed by atoms with Gasteiger partial charge in [-0.25, -0.2) is 4.68 Å². The van der Waals surface area contributed by atoms with Crippen LogP contribution >= 0.6 is 0 Å². The van der Waals surface area contributed by atoms with Gasteiger partial charge in [0.15, 0.2) is 11.6 Å². The normalized spacial score (nSPS) is 16.7. The number of carbonyl (C=O) groups excluding carboxylic acids is 1. The predicted molar refractivity (Wildman–Crippen MR) is 106 cm³/mol. The fourth-order valence-corrected chi connectivity index (χ4v) is 3.40. The van der Waals surface area contributed by atoms with Gasteiger partial charge in [-0.05, 0) is 55.3 Å².